The Labute approximate surface area is 277 Å². The van der Waals surface area contributed by atoms with Gasteiger partial charge in [0.25, 0.3) is 11.1 Å². The summed E-state index contributed by atoms with van der Waals surface area (Å²) < 4.78 is 55.4. The van der Waals surface area contributed by atoms with Crippen molar-refractivity contribution in [2.24, 2.45) is 0 Å². The highest BCUT2D eigenvalue weighted by molar-refractivity contribution is 8.25. The van der Waals surface area contributed by atoms with Crippen molar-refractivity contribution in [1.29, 1.82) is 0 Å². The minimum atomic E-state index is -4.47. The summed E-state index contributed by atoms with van der Waals surface area (Å²) in [6.45, 7) is -5.76. The van der Waals surface area contributed by atoms with Gasteiger partial charge in [0.05, 0.1) is 32.5 Å². The molecule has 4 aromatic rings. The molecular weight excluding hydrogens is 722 g/mol. The molecule has 7 N–H and O–H groups in total. The van der Waals surface area contributed by atoms with Gasteiger partial charge in [0.1, 0.15) is 43.3 Å². The van der Waals surface area contributed by atoms with Crippen molar-refractivity contribution in [2.45, 2.75) is 48.1 Å². The molecule has 4 saturated heterocycles. The SMILES string of the molecule is Nc1nc2c(ncn2[C@@H]2O[C@@]3(COP([O-])(=S)O[C@H]4C5OC[C@]4(CO[P+](=O)[S-])O[C@H]5n4cnc5c(=O)[nH]c(N)nc54)COC2[C@@H]3O)c(=O)[nH]1. The van der Waals surface area contributed by atoms with Crippen LogP contribution in [0.5, 0.6) is 0 Å². The maximum absolute atomic E-state index is 13.8. The number of nitrogens with one attached hydrogen (secondary N) is 2. The van der Waals surface area contributed by atoms with Crippen LogP contribution in [-0.4, -0.2) is 106 Å². The van der Waals surface area contributed by atoms with E-state index in [0.29, 0.717) is 0 Å². The highest BCUT2D eigenvalue weighted by Crippen LogP contribution is 2.55. The number of aliphatic hydroxyl groups is 1. The normalized spacial score (nSPS) is 34.0. The topological polar surface area (TPSA) is 304 Å². The molecule has 0 amide bonds. The second kappa shape index (κ2) is 11.3. The first-order chi connectivity index (χ1) is 22.8. The minimum absolute atomic E-state index is 0.0130. The zero-order chi connectivity index (χ0) is 33.7. The van der Waals surface area contributed by atoms with E-state index in [1.165, 1.54) is 21.8 Å². The number of aromatic amines is 2. The Morgan fingerprint density at radius 2 is 1.56 bits per heavy atom. The third-order valence-corrected chi connectivity index (χ3v) is 10.7. The van der Waals surface area contributed by atoms with Crippen molar-refractivity contribution in [3.05, 3.63) is 33.4 Å². The predicted octanol–water partition coefficient (Wildman–Crippen LogP) is -2.68. The van der Waals surface area contributed by atoms with Gasteiger partial charge in [0.2, 0.25) is 11.9 Å². The lowest BCUT2D eigenvalue weighted by atomic mass is 10.0. The monoisotopic (exact) mass is 745 g/mol. The lowest BCUT2D eigenvalue weighted by Crippen LogP contribution is -2.47. The quantitative estimate of drug-likeness (QED) is 0.0816. The van der Waals surface area contributed by atoms with E-state index in [4.69, 9.17) is 55.8 Å². The number of nitrogens with two attached hydrogens (primary N) is 2. The van der Waals surface area contributed by atoms with Gasteiger partial charge in [0.15, 0.2) is 40.4 Å². The summed E-state index contributed by atoms with van der Waals surface area (Å²) in [6, 6.07) is 0. The number of fused-ring (bicyclic) bond motifs is 6. The Morgan fingerprint density at radius 1 is 1.02 bits per heavy atom. The summed E-state index contributed by atoms with van der Waals surface area (Å²) in [5.74, 6) is -0.336. The van der Waals surface area contributed by atoms with Crippen LogP contribution in [-0.2, 0) is 61.1 Å². The molecule has 48 heavy (non-hydrogen) atoms. The van der Waals surface area contributed by atoms with Crippen LogP contribution >= 0.6 is 13.9 Å². The van der Waals surface area contributed by atoms with Gasteiger partial charge in [0, 0.05) is 0 Å². The second-order valence-corrected chi connectivity index (χ2v) is 15.7. The van der Waals surface area contributed by atoms with Crippen molar-refractivity contribution < 1.29 is 47.1 Å². The van der Waals surface area contributed by atoms with E-state index in [2.05, 4.69) is 42.2 Å². The van der Waals surface area contributed by atoms with Gasteiger partial charge in [-0.1, -0.05) is 16.4 Å². The molecule has 0 radical (unpaired) electrons. The minimum Gasteiger partial charge on any atom is -0.780 e. The van der Waals surface area contributed by atoms with Gasteiger partial charge in [-0.15, -0.1) is 0 Å². The maximum Gasteiger partial charge on any atom is 0.372 e. The summed E-state index contributed by atoms with van der Waals surface area (Å²) in [7, 11) is -2.51. The summed E-state index contributed by atoms with van der Waals surface area (Å²) in [4.78, 5) is 59.5. The number of H-pyrrole nitrogens is 2. The highest BCUT2D eigenvalue weighted by atomic mass is 32.7. The van der Waals surface area contributed by atoms with Crippen LogP contribution in [0.4, 0.5) is 11.9 Å². The number of nitrogen functional groups attached to an aromatic ring is 2. The number of hydrogen-bond acceptors (Lipinski definition) is 20. The summed E-state index contributed by atoms with van der Waals surface area (Å²) >= 11 is 9.95. The van der Waals surface area contributed by atoms with Crippen molar-refractivity contribution in [3.8, 4) is 0 Å². The average molecular weight is 746 g/mol. The second-order valence-electron chi connectivity index (χ2n) is 11.4. The molecule has 0 aliphatic carbocycles. The fraction of sp³-hybridized carbons (Fsp3) is 0.545. The average Bonchev–Trinajstić information content (AvgIpc) is 3.86. The number of ether oxygens (including phenoxy) is 4. The number of rotatable bonds is 10. The molecule has 4 bridgehead atoms. The van der Waals surface area contributed by atoms with E-state index in [1.807, 2.05) is 0 Å². The Balaban J connectivity index is 1.04. The van der Waals surface area contributed by atoms with Crippen molar-refractivity contribution in [3.63, 3.8) is 0 Å². The molecule has 4 aliphatic heterocycles. The number of aromatic nitrogens is 8. The van der Waals surface area contributed by atoms with Gasteiger partial charge in [-0.05, 0) is 0 Å². The molecule has 0 saturated carbocycles. The number of hydrogen-bond donors (Lipinski definition) is 5. The van der Waals surface area contributed by atoms with Crippen LogP contribution in [0, 0.1) is 0 Å². The van der Waals surface area contributed by atoms with Gasteiger partial charge in [-0.3, -0.25) is 28.7 Å². The van der Waals surface area contributed by atoms with E-state index >= 15 is 0 Å². The molecular formula is C22H23N10O12P2S2-. The van der Waals surface area contributed by atoms with E-state index < -0.39 is 86.4 Å². The van der Waals surface area contributed by atoms with Crippen molar-refractivity contribution in [1.82, 2.24) is 39.0 Å². The van der Waals surface area contributed by atoms with Crippen LogP contribution in [0.3, 0.4) is 0 Å². The zero-order valence-electron chi connectivity index (χ0n) is 23.9. The molecule has 0 aromatic carbocycles. The summed E-state index contributed by atoms with van der Waals surface area (Å²) in [5, 5.41) is 11.2. The molecule has 4 aliphatic rings. The molecule has 8 rings (SSSR count). The Bertz CT molecular complexity index is 2150. The predicted molar refractivity (Wildman–Crippen MR) is 162 cm³/mol. The van der Waals surface area contributed by atoms with Crippen molar-refractivity contribution >= 4 is 72.2 Å². The largest absolute Gasteiger partial charge is 0.780 e. The number of anilines is 2. The fourth-order valence-electron chi connectivity index (χ4n) is 6.39. The molecule has 26 heteroatoms. The van der Waals surface area contributed by atoms with Crippen LogP contribution in [0.1, 0.15) is 12.5 Å². The van der Waals surface area contributed by atoms with Crippen LogP contribution in [0.25, 0.3) is 22.3 Å². The van der Waals surface area contributed by atoms with Gasteiger partial charge in [-0.25, -0.2) is 9.97 Å². The Kier molecular flexibility index (Phi) is 7.58. The third kappa shape index (κ3) is 5.02. The molecule has 256 valence electrons. The first-order valence-corrected chi connectivity index (χ1v) is 18.7. The highest BCUT2D eigenvalue weighted by Gasteiger charge is 2.66. The van der Waals surface area contributed by atoms with E-state index in [9.17, 15) is 24.2 Å². The van der Waals surface area contributed by atoms with E-state index in [-0.39, 0.29) is 47.4 Å². The van der Waals surface area contributed by atoms with Crippen LogP contribution in [0.15, 0.2) is 22.2 Å². The molecule has 10 atom stereocenters. The van der Waals surface area contributed by atoms with E-state index in [1.54, 1.807) is 0 Å². The first-order valence-electron chi connectivity index (χ1n) is 13.9. The number of aliphatic hydroxyl groups excluding tert-OH is 1. The summed E-state index contributed by atoms with van der Waals surface area (Å²) in [5.41, 5.74) is 7.28. The van der Waals surface area contributed by atoms with Crippen LogP contribution in [0.2, 0.25) is 0 Å². The maximum atomic E-state index is 13.8. The Morgan fingerprint density at radius 3 is 2.17 bits per heavy atom. The van der Waals surface area contributed by atoms with Gasteiger partial charge >= 0.3 is 7.23 Å². The molecule has 8 heterocycles. The zero-order valence-corrected chi connectivity index (χ0v) is 27.4. The summed E-state index contributed by atoms with van der Waals surface area (Å²) in [6.07, 6.45) is -4.06. The fourth-order valence-corrected chi connectivity index (χ4v) is 8.34. The third-order valence-electron chi connectivity index (χ3n) is 8.55. The van der Waals surface area contributed by atoms with Gasteiger partial charge < -0.3 is 61.7 Å². The van der Waals surface area contributed by atoms with Crippen molar-refractivity contribution in [2.75, 3.05) is 37.9 Å². The van der Waals surface area contributed by atoms with Gasteiger partial charge in [-0.2, -0.15) is 14.5 Å². The lowest BCUT2D eigenvalue weighted by Gasteiger charge is -2.37. The van der Waals surface area contributed by atoms with Crippen LogP contribution < -0.4 is 27.5 Å². The molecule has 0 spiro atoms. The number of nitrogens with zero attached hydrogens (tertiary/aromatic N) is 6. The number of imidazole rings is 2. The van der Waals surface area contributed by atoms with E-state index in [0.717, 1.165) is 0 Å². The molecule has 4 unspecified atom stereocenters. The smallest absolute Gasteiger partial charge is 0.372 e. The first kappa shape index (κ1) is 32.3. The molecule has 22 nitrogen and oxygen atoms in total. The Hall–Kier alpha value is -2.96. The standard InChI is InChI=1S/C22H24N10O12P2S2/c23-19-27-13-7(15(34)29-19)25-5-31(13)17-9-11(33)21(42-17,1-38-9)4-41-46(37,48)44-12-10-18(43-22(12,2-39-10)3-40-45(36)47)32-6-26-8-14(32)28-20(24)30-16(8)35/h5-6,9-12,17-18,33H,1-4H2,(H,37,48)(H3,23,27,29,34)(H3,24,28,30,35)/p-1/t9?,10?,11-,12-,17+,18+,21+,22+,46?/m0/s1. The molecule has 4 aromatic heterocycles. The molecule has 4 fully saturated rings. The lowest BCUT2D eigenvalue weighted by molar-refractivity contribution is -0.228.